The lowest BCUT2D eigenvalue weighted by atomic mass is 9.90. The van der Waals surface area contributed by atoms with Crippen LogP contribution in [-0.4, -0.2) is 19.3 Å². The average Bonchev–Trinajstić information content (AvgIpc) is 2.62. The Morgan fingerprint density at radius 2 is 1.32 bits per heavy atom. The fourth-order valence-electron chi connectivity index (χ4n) is 3.38. The summed E-state index contributed by atoms with van der Waals surface area (Å²) in [5, 5.41) is 3.88. The molecule has 0 bridgehead atoms. The first-order chi connectivity index (χ1) is 10.9. The van der Waals surface area contributed by atoms with Gasteiger partial charge >= 0.3 is 0 Å². The van der Waals surface area contributed by atoms with Crippen molar-refractivity contribution >= 4 is 0 Å². The Morgan fingerprint density at radius 3 is 1.77 bits per heavy atom. The highest BCUT2D eigenvalue weighted by atomic mass is 16.5. The summed E-state index contributed by atoms with van der Waals surface area (Å²) in [4.78, 5) is 0. The van der Waals surface area contributed by atoms with Crippen LogP contribution < -0.4 is 5.32 Å². The molecule has 0 aliphatic heterocycles. The van der Waals surface area contributed by atoms with Crippen LogP contribution in [0.15, 0.2) is 60.7 Å². The number of hydrogen-bond donors (Lipinski definition) is 1. The molecule has 2 heteroatoms. The van der Waals surface area contributed by atoms with E-state index in [9.17, 15) is 0 Å². The summed E-state index contributed by atoms with van der Waals surface area (Å²) < 4.78 is 5.49. The molecular formula is C20H25NO. The summed E-state index contributed by atoms with van der Waals surface area (Å²) in [5.74, 6) is 0. The Morgan fingerprint density at radius 1 is 0.818 bits per heavy atom. The molecule has 0 atom stereocenters. The number of ether oxygens (including phenoxy) is 1. The van der Waals surface area contributed by atoms with Crippen molar-refractivity contribution in [1.29, 1.82) is 0 Å². The SMILES string of the molecule is COC1CCC(NC(c2ccccc2)c2ccccc2)CC1. The summed E-state index contributed by atoms with van der Waals surface area (Å²) in [7, 11) is 1.83. The maximum Gasteiger partial charge on any atom is 0.0578 e. The smallest absolute Gasteiger partial charge is 0.0578 e. The third-order valence-corrected chi connectivity index (χ3v) is 4.68. The van der Waals surface area contributed by atoms with Crippen molar-refractivity contribution in [3.8, 4) is 0 Å². The Labute approximate surface area is 133 Å². The van der Waals surface area contributed by atoms with Gasteiger partial charge in [0, 0.05) is 13.2 Å². The number of benzene rings is 2. The molecule has 116 valence electrons. The standard InChI is InChI=1S/C20H25NO/c1-22-19-14-12-18(13-15-19)21-20(16-8-4-2-5-9-16)17-10-6-3-7-11-17/h2-11,18-21H,12-15H2,1H3. The van der Waals surface area contributed by atoms with Gasteiger partial charge in [0.25, 0.3) is 0 Å². The quantitative estimate of drug-likeness (QED) is 0.887. The summed E-state index contributed by atoms with van der Waals surface area (Å²) in [6.45, 7) is 0. The van der Waals surface area contributed by atoms with E-state index in [0.29, 0.717) is 12.1 Å². The third kappa shape index (κ3) is 3.76. The third-order valence-electron chi connectivity index (χ3n) is 4.68. The lowest BCUT2D eigenvalue weighted by Gasteiger charge is -2.32. The van der Waals surface area contributed by atoms with Gasteiger partial charge in [0.2, 0.25) is 0 Å². The molecule has 2 nitrogen and oxygen atoms in total. The maximum absolute atomic E-state index is 5.49. The molecule has 1 fully saturated rings. The molecule has 1 aliphatic rings. The molecule has 1 saturated carbocycles. The molecule has 2 aromatic carbocycles. The summed E-state index contributed by atoms with van der Waals surface area (Å²) in [5.41, 5.74) is 2.67. The Kier molecular flexibility index (Phi) is 5.25. The van der Waals surface area contributed by atoms with Crippen molar-refractivity contribution in [2.45, 2.75) is 43.9 Å². The molecule has 0 aromatic heterocycles. The highest BCUT2D eigenvalue weighted by Crippen LogP contribution is 2.27. The van der Waals surface area contributed by atoms with Crippen molar-refractivity contribution < 1.29 is 4.74 Å². The minimum Gasteiger partial charge on any atom is -0.381 e. The second kappa shape index (κ2) is 7.57. The zero-order chi connectivity index (χ0) is 15.2. The van der Waals surface area contributed by atoms with Crippen LogP contribution in [0.4, 0.5) is 0 Å². The zero-order valence-corrected chi connectivity index (χ0v) is 13.2. The van der Waals surface area contributed by atoms with Crippen LogP contribution >= 0.6 is 0 Å². The fourth-order valence-corrected chi connectivity index (χ4v) is 3.38. The van der Waals surface area contributed by atoms with Crippen molar-refractivity contribution in [2.24, 2.45) is 0 Å². The molecule has 0 heterocycles. The molecule has 0 radical (unpaired) electrons. The largest absolute Gasteiger partial charge is 0.381 e. The average molecular weight is 295 g/mol. The molecule has 1 N–H and O–H groups in total. The van der Waals surface area contributed by atoms with Crippen molar-refractivity contribution in [3.05, 3.63) is 71.8 Å². The second-order valence-electron chi connectivity index (χ2n) is 6.13. The van der Waals surface area contributed by atoms with E-state index in [1.165, 1.54) is 24.0 Å². The first-order valence-electron chi connectivity index (χ1n) is 8.25. The predicted molar refractivity (Wildman–Crippen MR) is 90.9 cm³/mol. The normalized spacial score (nSPS) is 21.9. The number of hydrogen-bond acceptors (Lipinski definition) is 2. The molecule has 2 aromatic rings. The van der Waals surface area contributed by atoms with E-state index >= 15 is 0 Å². The van der Waals surface area contributed by atoms with Gasteiger partial charge in [-0.05, 0) is 36.8 Å². The van der Waals surface area contributed by atoms with Crippen LogP contribution in [0, 0.1) is 0 Å². The topological polar surface area (TPSA) is 21.3 Å². The lowest BCUT2D eigenvalue weighted by molar-refractivity contribution is 0.0617. The van der Waals surface area contributed by atoms with Gasteiger partial charge in [0.15, 0.2) is 0 Å². The molecule has 3 rings (SSSR count). The van der Waals surface area contributed by atoms with Gasteiger partial charge < -0.3 is 10.1 Å². The Hall–Kier alpha value is -1.64. The van der Waals surface area contributed by atoms with E-state index in [1.807, 2.05) is 7.11 Å². The van der Waals surface area contributed by atoms with Crippen LogP contribution in [0.3, 0.4) is 0 Å². The van der Waals surface area contributed by atoms with Gasteiger partial charge in [0.05, 0.1) is 12.1 Å². The minimum absolute atomic E-state index is 0.270. The van der Waals surface area contributed by atoms with E-state index in [1.54, 1.807) is 0 Å². The second-order valence-corrected chi connectivity index (χ2v) is 6.13. The molecular weight excluding hydrogens is 270 g/mol. The number of methoxy groups -OCH3 is 1. The van der Waals surface area contributed by atoms with Gasteiger partial charge in [0.1, 0.15) is 0 Å². The van der Waals surface area contributed by atoms with E-state index in [0.717, 1.165) is 12.8 Å². The van der Waals surface area contributed by atoms with Crippen molar-refractivity contribution in [3.63, 3.8) is 0 Å². The maximum atomic E-state index is 5.49. The van der Waals surface area contributed by atoms with Gasteiger partial charge in [-0.3, -0.25) is 0 Å². The van der Waals surface area contributed by atoms with E-state index < -0.39 is 0 Å². The predicted octanol–water partition coefficient (Wildman–Crippen LogP) is 4.32. The first kappa shape index (κ1) is 15.3. The van der Waals surface area contributed by atoms with Crippen LogP contribution in [0.25, 0.3) is 0 Å². The Bertz CT molecular complexity index is 507. The van der Waals surface area contributed by atoms with Crippen molar-refractivity contribution in [2.75, 3.05) is 7.11 Å². The molecule has 1 aliphatic carbocycles. The summed E-state index contributed by atoms with van der Waals surface area (Å²) in [6, 6.07) is 22.3. The molecule has 0 spiro atoms. The summed E-state index contributed by atoms with van der Waals surface area (Å²) in [6.07, 6.45) is 5.14. The van der Waals surface area contributed by atoms with Crippen LogP contribution in [0.5, 0.6) is 0 Å². The van der Waals surface area contributed by atoms with E-state index in [-0.39, 0.29) is 6.04 Å². The molecule has 0 unspecified atom stereocenters. The first-order valence-corrected chi connectivity index (χ1v) is 8.25. The highest BCUT2D eigenvalue weighted by molar-refractivity contribution is 5.31. The number of rotatable bonds is 5. The summed E-state index contributed by atoms with van der Waals surface area (Å²) >= 11 is 0. The fraction of sp³-hybridized carbons (Fsp3) is 0.400. The van der Waals surface area contributed by atoms with Gasteiger partial charge in [-0.15, -0.1) is 0 Å². The van der Waals surface area contributed by atoms with Gasteiger partial charge in [-0.2, -0.15) is 0 Å². The monoisotopic (exact) mass is 295 g/mol. The Balaban J connectivity index is 1.75. The molecule has 0 saturated heterocycles. The van der Waals surface area contributed by atoms with E-state index in [4.69, 9.17) is 4.74 Å². The lowest BCUT2D eigenvalue weighted by Crippen LogP contribution is -2.37. The van der Waals surface area contributed by atoms with Crippen LogP contribution in [0.1, 0.15) is 42.9 Å². The van der Waals surface area contributed by atoms with E-state index in [2.05, 4.69) is 66.0 Å². The molecule has 0 amide bonds. The van der Waals surface area contributed by atoms with Crippen LogP contribution in [-0.2, 0) is 4.74 Å². The molecule has 22 heavy (non-hydrogen) atoms. The minimum atomic E-state index is 0.270. The van der Waals surface area contributed by atoms with Crippen LogP contribution in [0.2, 0.25) is 0 Å². The number of nitrogens with one attached hydrogen (secondary N) is 1. The van der Waals surface area contributed by atoms with Crippen molar-refractivity contribution in [1.82, 2.24) is 5.32 Å². The van der Waals surface area contributed by atoms with Gasteiger partial charge in [-0.1, -0.05) is 60.7 Å². The zero-order valence-electron chi connectivity index (χ0n) is 13.2. The highest BCUT2D eigenvalue weighted by Gasteiger charge is 2.24. The van der Waals surface area contributed by atoms with Gasteiger partial charge in [-0.25, -0.2) is 0 Å².